The molecule has 0 aliphatic heterocycles. The van der Waals surface area contributed by atoms with Crippen molar-refractivity contribution in [3.8, 4) is 0 Å². The molecule has 3 aromatic heterocycles. The maximum absolute atomic E-state index is 5.92. The van der Waals surface area contributed by atoms with Gasteiger partial charge >= 0.3 is 0 Å². The zero-order chi connectivity index (χ0) is 12.7. The molecule has 0 aliphatic rings. The summed E-state index contributed by atoms with van der Waals surface area (Å²) in [5, 5.41) is 4.85. The topological polar surface area (TPSA) is 59.4 Å². The Bertz CT molecular complexity index is 650. The molecule has 3 heterocycles. The zero-order valence-electron chi connectivity index (χ0n) is 9.43. The molecule has 5 nitrogen and oxygen atoms in total. The number of nitrogens with one attached hydrogen (secondary N) is 1. The number of hydrogen-bond donors (Lipinski definition) is 1. The first kappa shape index (κ1) is 11.5. The third-order valence-corrected chi connectivity index (χ3v) is 3.39. The van der Waals surface area contributed by atoms with Crippen LogP contribution in [0.4, 0.5) is 0 Å². The van der Waals surface area contributed by atoms with E-state index in [0.717, 1.165) is 11.3 Å². The molecule has 0 amide bonds. The number of aromatic nitrogens is 5. The van der Waals surface area contributed by atoms with Gasteiger partial charge in [0.25, 0.3) is 0 Å². The Kier molecular flexibility index (Phi) is 2.72. The molecule has 3 rings (SSSR count). The molecule has 0 spiro atoms. The number of pyridine rings is 1. The summed E-state index contributed by atoms with van der Waals surface area (Å²) < 4.78 is 1.81. The molecule has 0 radical (unpaired) electrons. The number of aromatic amines is 1. The van der Waals surface area contributed by atoms with Crippen LogP contribution in [0.1, 0.15) is 18.8 Å². The second-order valence-electron chi connectivity index (χ2n) is 3.92. The summed E-state index contributed by atoms with van der Waals surface area (Å²) in [4.78, 5) is 11.7. The van der Waals surface area contributed by atoms with Gasteiger partial charge in [0.15, 0.2) is 5.65 Å². The van der Waals surface area contributed by atoms with E-state index in [-0.39, 0.29) is 11.2 Å². The highest BCUT2D eigenvalue weighted by Crippen LogP contribution is 2.25. The van der Waals surface area contributed by atoms with Gasteiger partial charge in [-0.2, -0.15) is 5.10 Å². The Balaban J connectivity index is 2.08. The van der Waals surface area contributed by atoms with Crippen LogP contribution in [-0.2, 0) is 0 Å². The van der Waals surface area contributed by atoms with Gasteiger partial charge in [-0.3, -0.25) is 4.68 Å². The fraction of sp³-hybridized carbons (Fsp3) is 0.182. The van der Waals surface area contributed by atoms with Crippen molar-refractivity contribution in [1.82, 2.24) is 24.7 Å². The van der Waals surface area contributed by atoms with Crippen molar-refractivity contribution in [2.45, 2.75) is 13.0 Å². The monoisotopic (exact) mass is 281 g/mol. The lowest BCUT2D eigenvalue weighted by Gasteiger charge is -2.07. The van der Waals surface area contributed by atoms with E-state index in [1.165, 1.54) is 0 Å². The summed E-state index contributed by atoms with van der Waals surface area (Å²) in [6, 6.07) is 3.58. The van der Waals surface area contributed by atoms with E-state index in [1.807, 2.05) is 19.2 Å². The number of halogens is 2. The van der Waals surface area contributed by atoms with Crippen LogP contribution in [0.15, 0.2) is 24.5 Å². The second kappa shape index (κ2) is 4.26. The maximum atomic E-state index is 5.92. The highest BCUT2D eigenvalue weighted by Gasteiger charge is 2.14. The van der Waals surface area contributed by atoms with E-state index in [9.17, 15) is 0 Å². The summed E-state index contributed by atoms with van der Waals surface area (Å²) in [6.07, 6.45) is 3.61. The van der Waals surface area contributed by atoms with Gasteiger partial charge in [0, 0.05) is 12.4 Å². The van der Waals surface area contributed by atoms with Crippen LogP contribution in [0.3, 0.4) is 0 Å². The standard InChI is InChI=1S/C11H9Cl2N5/c1-6(18-4-2-3-14-18)10-15-8-5-7(12)9(13)16-11(8)17-10/h2-6H,1H3,(H,15,16,17). The third kappa shape index (κ3) is 1.85. The molecule has 92 valence electrons. The van der Waals surface area contributed by atoms with Crippen LogP contribution in [0.2, 0.25) is 10.2 Å². The molecular weight excluding hydrogens is 273 g/mol. The number of H-pyrrole nitrogens is 1. The Morgan fingerprint density at radius 1 is 1.33 bits per heavy atom. The molecule has 0 aromatic carbocycles. The lowest BCUT2D eigenvalue weighted by Crippen LogP contribution is -2.08. The number of rotatable bonds is 2. The molecule has 0 saturated heterocycles. The van der Waals surface area contributed by atoms with E-state index in [4.69, 9.17) is 23.2 Å². The molecule has 18 heavy (non-hydrogen) atoms. The summed E-state index contributed by atoms with van der Waals surface area (Å²) >= 11 is 11.8. The lowest BCUT2D eigenvalue weighted by molar-refractivity contribution is 0.542. The minimum atomic E-state index is -0.00764. The van der Waals surface area contributed by atoms with E-state index < -0.39 is 0 Å². The van der Waals surface area contributed by atoms with Crippen LogP contribution in [0.5, 0.6) is 0 Å². The summed E-state index contributed by atoms with van der Waals surface area (Å²) in [5.41, 5.74) is 1.32. The summed E-state index contributed by atoms with van der Waals surface area (Å²) in [5.74, 6) is 0.763. The van der Waals surface area contributed by atoms with Crippen LogP contribution in [0.25, 0.3) is 11.2 Å². The molecule has 3 aromatic rings. The van der Waals surface area contributed by atoms with E-state index >= 15 is 0 Å². The van der Waals surface area contributed by atoms with E-state index in [1.54, 1.807) is 16.9 Å². The van der Waals surface area contributed by atoms with Gasteiger partial charge in [0.05, 0.1) is 10.5 Å². The van der Waals surface area contributed by atoms with Gasteiger partial charge in [-0.1, -0.05) is 23.2 Å². The number of imidazole rings is 1. The maximum Gasteiger partial charge on any atom is 0.179 e. The minimum absolute atomic E-state index is 0.00764. The van der Waals surface area contributed by atoms with Crippen LogP contribution >= 0.6 is 23.2 Å². The van der Waals surface area contributed by atoms with Crippen molar-refractivity contribution in [2.75, 3.05) is 0 Å². The average molecular weight is 282 g/mol. The molecule has 0 aliphatic carbocycles. The van der Waals surface area contributed by atoms with Crippen molar-refractivity contribution in [3.63, 3.8) is 0 Å². The Hall–Kier alpha value is -1.59. The number of hydrogen-bond acceptors (Lipinski definition) is 3. The Labute approximate surface area is 113 Å². The van der Waals surface area contributed by atoms with Gasteiger partial charge in [-0.15, -0.1) is 0 Å². The van der Waals surface area contributed by atoms with Gasteiger partial charge in [0.1, 0.15) is 17.0 Å². The first-order valence-electron chi connectivity index (χ1n) is 5.36. The van der Waals surface area contributed by atoms with Crippen LogP contribution in [0, 0.1) is 0 Å². The summed E-state index contributed by atoms with van der Waals surface area (Å²) in [7, 11) is 0. The normalized spacial score (nSPS) is 13.1. The molecule has 7 heteroatoms. The Morgan fingerprint density at radius 2 is 2.17 bits per heavy atom. The third-order valence-electron chi connectivity index (χ3n) is 2.72. The van der Waals surface area contributed by atoms with Crippen molar-refractivity contribution < 1.29 is 0 Å². The summed E-state index contributed by atoms with van der Waals surface area (Å²) in [6.45, 7) is 1.99. The SMILES string of the molecule is CC(c1nc2nc(Cl)c(Cl)cc2[nH]1)n1cccn1. The molecule has 1 N–H and O–H groups in total. The van der Waals surface area contributed by atoms with Crippen LogP contribution in [-0.4, -0.2) is 24.7 Å². The van der Waals surface area contributed by atoms with Crippen molar-refractivity contribution >= 4 is 34.4 Å². The van der Waals surface area contributed by atoms with E-state index in [0.29, 0.717) is 10.7 Å². The van der Waals surface area contributed by atoms with Crippen molar-refractivity contribution in [1.29, 1.82) is 0 Å². The number of fused-ring (bicyclic) bond motifs is 1. The van der Waals surface area contributed by atoms with Crippen molar-refractivity contribution in [2.24, 2.45) is 0 Å². The van der Waals surface area contributed by atoms with Gasteiger partial charge in [-0.05, 0) is 19.1 Å². The average Bonchev–Trinajstić information content (AvgIpc) is 2.97. The number of nitrogens with zero attached hydrogens (tertiary/aromatic N) is 4. The van der Waals surface area contributed by atoms with Gasteiger partial charge in [-0.25, -0.2) is 9.97 Å². The lowest BCUT2D eigenvalue weighted by atomic mass is 10.3. The van der Waals surface area contributed by atoms with Gasteiger partial charge < -0.3 is 4.98 Å². The first-order valence-corrected chi connectivity index (χ1v) is 6.11. The smallest absolute Gasteiger partial charge is 0.179 e. The fourth-order valence-electron chi connectivity index (χ4n) is 1.75. The first-order chi connectivity index (χ1) is 8.65. The zero-order valence-corrected chi connectivity index (χ0v) is 10.9. The van der Waals surface area contributed by atoms with E-state index in [2.05, 4.69) is 20.1 Å². The largest absolute Gasteiger partial charge is 0.339 e. The molecular formula is C11H9Cl2N5. The highest BCUT2D eigenvalue weighted by atomic mass is 35.5. The molecule has 0 saturated carbocycles. The molecule has 1 unspecified atom stereocenters. The molecule has 0 bridgehead atoms. The van der Waals surface area contributed by atoms with Crippen LogP contribution < -0.4 is 0 Å². The fourth-order valence-corrected chi connectivity index (χ4v) is 2.03. The highest BCUT2D eigenvalue weighted by molar-refractivity contribution is 6.41. The Morgan fingerprint density at radius 3 is 2.89 bits per heavy atom. The quantitative estimate of drug-likeness (QED) is 0.735. The predicted octanol–water partition coefficient (Wildman–Crippen LogP) is 3.07. The van der Waals surface area contributed by atoms with Crippen molar-refractivity contribution in [3.05, 3.63) is 40.5 Å². The minimum Gasteiger partial charge on any atom is -0.339 e. The molecule has 0 fully saturated rings. The second-order valence-corrected chi connectivity index (χ2v) is 4.68. The molecule has 1 atom stereocenters. The van der Waals surface area contributed by atoms with Gasteiger partial charge in [0.2, 0.25) is 0 Å². The predicted molar refractivity (Wildman–Crippen MR) is 69.9 cm³/mol.